The zero-order valence-corrected chi connectivity index (χ0v) is 8.06. The van der Waals surface area contributed by atoms with Crippen LogP contribution in [0.25, 0.3) is 6.08 Å². The second-order valence-corrected chi connectivity index (χ2v) is 3.13. The Hall–Kier alpha value is -1.36. The summed E-state index contributed by atoms with van der Waals surface area (Å²) in [6, 6.07) is 4.80. The smallest absolute Gasteiger partial charge is 0.235 e. The van der Waals surface area contributed by atoms with E-state index in [0.29, 0.717) is 10.0 Å². The van der Waals surface area contributed by atoms with Gasteiger partial charge in [-0.2, -0.15) is 0 Å². The first-order valence-electron chi connectivity index (χ1n) is 3.40. The lowest BCUT2D eigenvalue weighted by Gasteiger charge is -1.99. The van der Waals surface area contributed by atoms with E-state index in [1.807, 2.05) is 0 Å². The molecule has 1 rings (SSSR count). The van der Waals surface area contributed by atoms with E-state index in [4.69, 9.17) is 0 Å². The molecule has 0 radical (unpaired) electrons. The van der Waals surface area contributed by atoms with E-state index < -0.39 is 4.92 Å². The fourth-order valence-corrected chi connectivity index (χ4v) is 1.31. The molecule has 68 valence electrons. The van der Waals surface area contributed by atoms with Gasteiger partial charge in [0, 0.05) is 16.1 Å². The lowest BCUT2D eigenvalue weighted by molar-refractivity contribution is -0.400. The Labute approximate surface area is 82.8 Å². The number of aromatic hydroxyl groups is 1. The molecule has 0 bridgehead atoms. The minimum atomic E-state index is -0.584. The molecule has 0 aromatic heterocycles. The average molecular weight is 244 g/mol. The van der Waals surface area contributed by atoms with Crippen molar-refractivity contribution in [3.63, 3.8) is 0 Å². The molecule has 13 heavy (non-hydrogen) atoms. The predicted octanol–water partition coefficient (Wildman–Crippen LogP) is 2.40. The third kappa shape index (κ3) is 2.55. The van der Waals surface area contributed by atoms with Crippen molar-refractivity contribution in [2.24, 2.45) is 0 Å². The van der Waals surface area contributed by atoms with Crippen molar-refractivity contribution in [3.05, 3.63) is 44.5 Å². The van der Waals surface area contributed by atoms with Gasteiger partial charge in [0.05, 0.1) is 4.92 Å². The maximum atomic E-state index is 10.0. The van der Waals surface area contributed by atoms with Crippen LogP contribution in [0.2, 0.25) is 0 Å². The molecule has 5 heteroatoms. The van der Waals surface area contributed by atoms with Crippen LogP contribution < -0.4 is 0 Å². The molecule has 0 aliphatic rings. The quantitative estimate of drug-likeness (QED) is 0.641. The van der Waals surface area contributed by atoms with Gasteiger partial charge in [0.2, 0.25) is 6.20 Å². The largest absolute Gasteiger partial charge is 0.507 e. The highest BCUT2D eigenvalue weighted by Gasteiger charge is 2.02. The normalized spacial score (nSPS) is 10.5. The van der Waals surface area contributed by atoms with Crippen LogP contribution in [-0.4, -0.2) is 10.0 Å². The first-order chi connectivity index (χ1) is 6.11. The van der Waals surface area contributed by atoms with E-state index in [2.05, 4.69) is 15.9 Å². The molecular weight excluding hydrogens is 238 g/mol. The Bertz CT molecular complexity index is 342. The van der Waals surface area contributed by atoms with Crippen LogP contribution in [0.3, 0.4) is 0 Å². The molecule has 1 aromatic carbocycles. The van der Waals surface area contributed by atoms with Crippen LogP contribution in [0.4, 0.5) is 0 Å². The van der Waals surface area contributed by atoms with Crippen molar-refractivity contribution in [2.75, 3.05) is 0 Å². The molecule has 0 atom stereocenters. The lowest BCUT2D eigenvalue weighted by Crippen LogP contribution is -1.83. The molecule has 0 unspecified atom stereocenters. The number of phenols is 1. The van der Waals surface area contributed by atoms with E-state index in [9.17, 15) is 15.2 Å². The van der Waals surface area contributed by atoms with Crippen molar-refractivity contribution < 1.29 is 10.0 Å². The monoisotopic (exact) mass is 243 g/mol. The highest BCUT2D eigenvalue weighted by atomic mass is 79.9. The maximum absolute atomic E-state index is 10.0. The van der Waals surface area contributed by atoms with Gasteiger partial charge in [-0.3, -0.25) is 10.1 Å². The van der Waals surface area contributed by atoms with Crippen molar-refractivity contribution in [1.29, 1.82) is 0 Å². The van der Waals surface area contributed by atoms with E-state index in [0.717, 1.165) is 6.20 Å². The molecule has 0 aliphatic carbocycles. The van der Waals surface area contributed by atoms with Crippen LogP contribution in [-0.2, 0) is 0 Å². The second-order valence-electron chi connectivity index (χ2n) is 2.27. The summed E-state index contributed by atoms with van der Waals surface area (Å²) in [6.45, 7) is 0. The molecule has 0 heterocycles. The van der Waals surface area contributed by atoms with Gasteiger partial charge in [-0.15, -0.1) is 0 Å². The zero-order chi connectivity index (χ0) is 9.84. The summed E-state index contributed by atoms with van der Waals surface area (Å²) in [6.07, 6.45) is 2.01. The number of nitrogens with zero attached hydrogens (tertiary/aromatic N) is 1. The molecule has 0 amide bonds. The van der Waals surface area contributed by atoms with Crippen LogP contribution in [0, 0.1) is 10.1 Å². The summed E-state index contributed by atoms with van der Waals surface area (Å²) >= 11 is 3.16. The van der Waals surface area contributed by atoms with Gasteiger partial charge in [-0.1, -0.05) is 22.0 Å². The molecule has 1 aromatic rings. The van der Waals surface area contributed by atoms with Crippen molar-refractivity contribution in [2.45, 2.75) is 0 Å². The molecule has 0 spiro atoms. The SMILES string of the molecule is O=[N+]([O-])/C=C/c1c(O)cccc1Br. The third-order valence-corrected chi connectivity index (χ3v) is 2.08. The summed E-state index contributed by atoms with van der Waals surface area (Å²) < 4.78 is 0.616. The summed E-state index contributed by atoms with van der Waals surface area (Å²) in [5.41, 5.74) is 0.402. The Morgan fingerprint density at radius 3 is 2.77 bits per heavy atom. The standard InChI is InChI=1S/C8H6BrNO3/c9-7-2-1-3-8(11)6(7)4-5-10(12)13/h1-5,11H/b5-4+. The molecular formula is C8H6BrNO3. The van der Waals surface area contributed by atoms with Gasteiger partial charge in [0.15, 0.2) is 0 Å². The molecule has 0 saturated carbocycles. The highest BCUT2D eigenvalue weighted by molar-refractivity contribution is 9.10. The number of nitro groups is 1. The Kier molecular flexibility index (Phi) is 3.02. The van der Waals surface area contributed by atoms with Gasteiger partial charge in [-0.05, 0) is 12.1 Å². The fourth-order valence-electron chi connectivity index (χ4n) is 0.826. The topological polar surface area (TPSA) is 63.4 Å². The number of halogens is 1. The molecule has 0 fully saturated rings. The van der Waals surface area contributed by atoms with Gasteiger partial charge in [0.25, 0.3) is 0 Å². The highest BCUT2D eigenvalue weighted by Crippen LogP contribution is 2.26. The van der Waals surface area contributed by atoms with Gasteiger partial charge >= 0.3 is 0 Å². The Morgan fingerprint density at radius 2 is 2.23 bits per heavy atom. The van der Waals surface area contributed by atoms with Crippen LogP contribution in [0.5, 0.6) is 5.75 Å². The maximum Gasteiger partial charge on any atom is 0.235 e. The zero-order valence-electron chi connectivity index (χ0n) is 6.48. The van der Waals surface area contributed by atoms with E-state index >= 15 is 0 Å². The number of hydrogen-bond donors (Lipinski definition) is 1. The minimum absolute atomic E-state index is 0.00692. The molecule has 1 N–H and O–H groups in total. The fraction of sp³-hybridized carbons (Fsp3) is 0. The number of phenolic OH excluding ortho intramolecular Hbond substituents is 1. The van der Waals surface area contributed by atoms with Crippen molar-refractivity contribution in [3.8, 4) is 5.75 Å². The van der Waals surface area contributed by atoms with Crippen molar-refractivity contribution >= 4 is 22.0 Å². The Morgan fingerprint density at radius 1 is 1.54 bits per heavy atom. The third-order valence-electron chi connectivity index (χ3n) is 1.39. The van der Waals surface area contributed by atoms with Crippen LogP contribution >= 0.6 is 15.9 Å². The molecule has 4 nitrogen and oxygen atoms in total. The van der Waals surface area contributed by atoms with Crippen LogP contribution in [0.1, 0.15) is 5.56 Å². The lowest BCUT2D eigenvalue weighted by atomic mass is 10.2. The van der Waals surface area contributed by atoms with Gasteiger partial charge in [-0.25, -0.2) is 0 Å². The first-order valence-corrected chi connectivity index (χ1v) is 4.19. The van der Waals surface area contributed by atoms with Gasteiger partial charge < -0.3 is 5.11 Å². The summed E-state index contributed by atoms with van der Waals surface area (Å²) in [4.78, 5) is 9.43. The summed E-state index contributed by atoms with van der Waals surface area (Å²) in [5.74, 6) is 0.00692. The average Bonchev–Trinajstić information content (AvgIpc) is 2.03. The van der Waals surface area contributed by atoms with E-state index in [1.165, 1.54) is 12.1 Å². The van der Waals surface area contributed by atoms with Crippen molar-refractivity contribution in [1.82, 2.24) is 0 Å². The Balaban J connectivity index is 3.06. The minimum Gasteiger partial charge on any atom is -0.507 e. The number of benzene rings is 1. The van der Waals surface area contributed by atoms with Crippen LogP contribution in [0.15, 0.2) is 28.9 Å². The summed E-state index contributed by atoms with van der Waals surface area (Å²) in [7, 11) is 0. The predicted molar refractivity (Wildman–Crippen MR) is 51.8 cm³/mol. The number of hydrogen-bond acceptors (Lipinski definition) is 3. The molecule has 0 aliphatic heterocycles. The molecule has 0 saturated heterocycles. The summed E-state index contributed by atoms with van der Waals surface area (Å²) in [5, 5.41) is 19.3. The van der Waals surface area contributed by atoms with E-state index in [1.54, 1.807) is 12.1 Å². The first kappa shape index (κ1) is 9.73. The van der Waals surface area contributed by atoms with E-state index in [-0.39, 0.29) is 5.75 Å². The number of rotatable bonds is 2. The van der Waals surface area contributed by atoms with Gasteiger partial charge in [0.1, 0.15) is 5.75 Å². The second kappa shape index (κ2) is 4.04.